The van der Waals surface area contributed by atoms with Crippen molar-refractivity contribution in [1.29, 1.82) is 0 Å². The minimum Gasteiger partial charge on any atom is -0.494 e. The van der Waals surface area contributed by atoms with Gasteiger partial charge in [0, 0.05) is 12.2 Å². The molecular weight excluding hydrogens is 319 g/mol. The molecule has 2 aromatic rings. The largest absolute Gasteiger partial charge is 0.494 e. The standard InChI is InChI=1S/C20H25FN2O2/c1-20(2,3)15-8-10-18(11-9-15)25-13-5-12-22-19(24)23-17-7-4-6-16(21)14-17/h4,6-11,14H,5,12-13H2,1-3H3,(H2,22,23,24). The highest BCUT2D eigenvalue weighted by molar-refractivity contribution is 5.89. The molecule has 0 aliphatic rings. The number of halogens is 1. The summed E-state index contributed by atoms with van der Waals surface area (Å²) < 4.78 is 18.7. The van der Waals surface area contributed by atoms with Crippen LogP contribution in [0.1, 0.15) is 32.8 Å². The van der Waals surface area contributed by atoms with Crippen molar-refractivity contribution in [2.45, 2.75) is 32.6 Å². The average molecular weight is 344 g/mol. The van der Waals surface area contributed by atoms with Crippen molar-refractivity contribution in [2.75, 3.05) is 18.5 Å². The number of benzene rings is 2. The quantitative estimate of drug-likeness (QED) is 0.745. The minimum atomic E-state index is -0.385. The van der Waals surface area contributed by atoms with Crippen molar-refractivity contribution in [2.24, 2.45) is 0 Å². The Labute approximate surface area is 148 Å². The third-order valence-electron chi connectivity index (χ3n) is 3.68. The summed E-state index contributed by atoms with van der Waals surface area (Å²) in [5.41, 5.74) is 1.81. The number of anilines is 1. The van der Waals surface area contributed by atoms with Crippen LogP contribution >= 0.6 is 0 Å². The summed E-state index contributed by atoms with van der Waals surface area (Å²) >= 11 is 0. The number of amides is 2. The Kier molecular flexibility index (Phi) is 6.39. The Morgan fingerprint density at radius 3 is 2.48 bits per heavy atom. The highest BCUT2D eigenvalue weighted by Crippen LogP contribution is 2.24. The topological polar surface area (TPSA) is 50.4 Å². The molecular formula is C20H25FN2O2. The lowest BCUT2D eigenvalue weighted by molar-refractivity contribution is 0.250. The molecule has 0 saturated carbocycles. The monoisotopic (exact) mass is 344 g/mol. The van der Waals surface area contributed by atoms with Gasteiger partial charge in [-0.2, -0.15) is 0 Å². The molecule has 0 aliphatic heterocycles. The molecule has 0 aromatic heterocycles. The predicted octanol–water partition coefficient (Wildman–Crippen LogP) is 4.71. The van der Waals surface area contributed by atoms with Gasteiger partial charge in [-0.25, -0.2) is 9.18 Å². The molecule has 0 radical (unpaired) electrons. The summed E-state index contributed by atoms with van der Waals surface area (Å²) in [6.45, 7) is 7.49. The fourth-order valence-electron chi connectivity index (χ4n) is 2.26. The van der Waals surface area contributed by atoms with Gasteiger partial charge in [-0.3, -0.25) is 0 Å². The van der Waals surface area contributed by atoms with Crippen LogP contribution in [0.25, 0.3) is 0 Å². The average Bonchev–Trinajstić information content (AvgIpc) is 2.54. The molecule has 4 nitrogen and oxygen atoms in total. The molecule has 0 bridgehead atoms. The molecule has 2 N–H and O–H groups in total. The Hall–Kier alpha value is -2.56. The number of hydrogen-bond acceptors (Lipinski definition) is 2. The van der Waals surface area contributed by atoms with E-state index in [1.807, 2.05) is 12.1 Å². The smallest absolute Gasteiger partial charge is 0.319 e. The number of rotatable bonds is 6. The highest BCUT2D eigenvalue weighted by Gasteiger charge is 2.12. The van der Waals surface area contributed by atoms with Gasteiger partial charge < -0.3 is 15.4 Å². The number of hydrogen-bond donors (Lipinski definition) is 2. The summed E-state index contributed by atoms with van der Waals surface area (Å²) in [6, 6.07) is 13.5. The molecule has 2 amide bonds. The van der Waals surface area contributed by atoms with Gasteiger partial charge >= 0.3 is 6.03 Å². The second-order valence-corrected chi connectivity index (χ2v) is 6.87. The maximum Gasteiger partial charge on any atom is 0.319 e. The Morgan fingerprint density at radius 2 is 1.84 bits per heavy atom. The molecule has 0 unspecified atom stereocenters. The Balaban J connectivity index is 1.65. The van der Waals surface area contributed by atoms with Crippen LogP contribution in [0.3, 0.4) is 0 Å². The third kappa shape index (κ3) is 6.45. The molecule has 0 atom stereocenters. The summed E-state index contributed by atoms with van der Waals surface area (Å²) in [5.74, 6) is 0.431. The van der Waals surface area contributed by atoms with Crippen LogP contribution in [0.4, 0.5) is 14.9 Å². The lowest BCUT2D eigenvalue weighted by Crippen LogP contribution is -2.30. The van der Waals surface area contributed by atoms with Crippen LogP contribution < -0.4 is 15.4 Å². The number of ether oxygens (including phenoxy) is 1. The first-order valence-electron chi connectivity index (χ1n) is 8.38. The van der Waals surface area contributed by atoms with Crippen molar-refractivity contribution < 1.29 is 13.9 Å². The molecule has 2 aromatic carbocycles. The molecule has 0 saturated heterocycles. The molecule has 0 spiro atoms. The summed E-state index contributed by atoms with van der Waals surface area (Å²) in [7, 11) is 0. The first kappa shape index (κ1) is 18.8. The van der Waals surface area contributed by atoms with Gasteiger partial charge in [0.1, 0.15) is 11.6 Å². The second kappa shape index (κ2) is 8.51. The van der Waals surface area contributed by atoms with E-state index in [4.69, 9.17) is 4.74 Å². The van der Waals surface area contributed by atoms with E-state index >= 15 is 0 Å². The van der Waals surface area contributed by atoms with E-state index in [-0.39, 0.29) is 17.3 Å². The van der Waals surface area contributed by atoms with Gasteiger partial charge in [0.05, 0.1) is 6.61 Å². The van der Waals surface area contributed by atoms with E-state index in [1.54, 1.807) is 12.1 Å². The van der Waals surface area contributed by atoms with E-state index in [1.165, 1.54) is 17.7 Å². The lowest BCUT2D eigenvalue weighted by atomic mass is 9.87. The van der Waals surface area contributed by atoms with Crippen molar-refractivity contribution in [3.63, 3.8) is 0 Å². The van der Waals surface area contributed by atoms with Crippen molar-refractivity contribution in [3.8, 4) is 5.75 Å². The number of urea groups is 1. The maximum atomic E-state index is 13.0. The summed E-state index contributed by atoms with van der Waals surface area (Å²) in [6.07, 6.45) is 0.678. The van der Waals surface area contributed by atoms with Crippen LogP contribution in [0.2, 0.25) is 0 Å². The first-order valence-corrected chi connectivity index (χ1v) is 8.38. The molecule has 25 heavy (non-hydrogen) atoms. The van der Waals surface area contributed by atoms with Crippen LogP contribution in [-0.4, -0.2) is 19.2 Å². The van der Waals surface area contributed by atoms with Crippen LogP contribution in [0.15, 0.2) is 48.5 Å². The zero-order valence-corrected chi connectivity index (χ0v) is 14.9. The van der Waals surface area contributed by atoms with Crippen molar-refractivity contribution in [3.05, 3.63) is 59.9 Å². The van der Waals surface area contributed by atoms with E-state index in [0.29, 0.717) is 25.3 Å². The van der Waals surface area contributed by atoms with Gasteiger partial charge in [0.2, 0.25) is 0 Å². The summed E-state index contributed by atoms with van der Waals surface area (Å²) in [4.78, 5) is 11.7. The Bertz CT molecular complexity index is 694. The van der Waals surface area contributed by atoms with Crippen LogP contribution in [0.5, 0.6) is 5.75 Å². The molecule has 0 fully saturated rings. The van der Waals surface area contributed by atoms with E-state index < -0.39 is 0 Å². The van der Waals surface area contributed by atoms with Gasteiger partial charge in [-0.15, -0.1) is 0 Å². The van der Waals surface area contributed by atoms with Crippen molar-refractivity contribution in [1.82, 2.24) is 5.32 Å². The van der Waals surface area contributed by atoms with Gasteiger partial charge in [0.15, 0.2) is 0 Å². The number of carbonyl (C=O) groups is 1. The molecule has 134 valence electrons. The predicted molar refractivity (Wildman–Crippen MR) is 98.7 cm³/mol. The maximum absolute atomic E-state index is 13.0. The summed E-state index contributed by atoms with van der Waals surface area (Å²) in [5, 5.41) is 5.29. The highest BCUT2D eigenvalue weighted by atomic mass is 19.1. The second-order valence-electron chi connectivity index (χ2n) is 6.87. The Morgan fingerprint density at radius 1 is 1.12 bits per heavy atom. The number of nitrogens with one attached hydrogen (secondary N) is 2. The fraction of sp³-hybridized carbons (Fsp3) is 0.350. The molecule has 5 heteroatoms. The van der Waals surface area contributed by atoms with Gasteiger partial charge in [0.25, 0.3) is 0 Å². The van der Waals surface area contributed by atoms with Crippen molar-refractivity contribution >= 4 is 11.7 Å². The van der Waals surface area contributed by atoms with Crippen LogP contribution in [-0.2, 0) is 5.41 Å². The molecule has 2 rings (SSSR count). The SMILES string of the molecule is CC(C)(C)c1ccc(OCCCNC(=O)Nc2cccc(F)c2)cc1. The minimum absolute atomic E-state index is 0.123. The van der Waals surface area contributed by atoms with E-state index in [9.17, 15) is 9.18 Å². The fourth-order valence-corrected chi connectivity index (χ4v) is 2.26. The normalized spacial score (nSPS) is 11.0. The zero-order valence-electron chi connectivity index (χ0n) is 14.9. The van der Waals surface area contributed by atoms with Gasteiger partial charge in [-0.1, -0.05) is 39.0 Å². The van der Waals surface area contributed by atoms with Crippen LogP contribution in [0, 0.1) is 5.82 Å². The molecule has 0 heterocycles. The first-order chi connectivity index (χ1) is 11.8. The van der Waals surface area contributed by atoms with E-state index in [0.717, 1.165) is 5.75 Å². The van der Waals surface area contributed by atoms with Gasteiger partial charge in [-0.05, 0) is 47.7 Å². The van der Waals surface area contributed by atoms with E-state index in [2.05, 4.69) is 43.5 Å². The third-order valence-corrected chi connectivity index (χ3v) is 3.68. The number of carbonyl (C=O) groups excluding carboxylic acids is 1. The lowest BCUT2D eigenvalue weighted by Gasteiger charge is -2.19. The molecule has 0 aliphatic carbocycles. The zero-order chi connectivity index (χ0) is 18.3.